The van der Waals surface area contributed by atoms with E-state index < -0.39 is 0 Å². The number of hydrogen-bond donors (Lipinski definition) is 0. The first kappa shape index (κ1) is 14.6. The van der Waals surface area contributed by atoms with Gasteiger partial charge in [0.05, 0.1) is 0 Å². The zero-order valence-corrected chi connectivity index (χ0v) is 12.1. The highest BCUT2D eigenvalue weighted by Crippen LogP contribution is 2.12. The Morgan fingerprint density at radius 1 is 0.700 bits per heavy atom. The van der Waals surface area contributed by atoms with E-state index in [-0.39, 0.29) is 5.78 Å². The summed E-state index contributed by atoms with van der Waals surface area (Å²) < 4.78 is 0. The fraction of sp³-hybridized carbons (Fsp3) is 0. The summed E-state index contributed by atoms with van der Waals surface area (Å²) in [6.07, 6.45) is 6.56. The molecule has 0 amide bonds. The standard InChI is InChI=1S/C17H12Cl2O/c18-15-7-1-13(2-8-15)5-11-17(20)12-6-14-3-9-16(19)10-4-14/h1-12H/b11-5+,12-6?. The lowest BCUT2D eigenvalue weighted by Gasteiger charge is -1.93. The number of allylic oxidation sites excluding steroid dienone is 2. The molecule has 0 aromatic heterocycles. The predicted molar refractivity (Wildman–Crippen MR) is 86.0 cm³/mol. The highest BCUT2D eigenvalue weighted by molar-refractivity contribution is 6.30. The Kier molecular flexibility index (Phi) is 5.16. The van der Waals surface area contributed by atoms with E-state index in [1.165, 1.54) is 12.2 Å². The minimum absolute atomic E-state index is 0.0742. The van der Waals surface area contributed by atoms with Gasteiger partial charge in [0.15, 0.2) is 5.78 Å². The van der Waals surface area contributed by atoms with E-state index in [0.717, 1.165) is 11.1 Å². The number of carbonyl (C=O) groups excluding carboxylic acids is 1. The van der Waals surface area contributed by atoms with E-state index in [9.17, 15) is 4.79 Å². The van der Waals surface area contributed by atoms with Crippen molar-refractivity contribution in [1.29, 1.82) is 0 Å². The van der Waals surface area contributed by atoms with Gasteiger partial charge >= 0.3 is 0 Å². The number of hydrogen-bond acceptors (Lipinski definition) is 1. The van der Waals surface area contributed by atoms with Crippen LogP contribution in [0.5, 0.6) is 0 Å². The van der Waals surface area contributed by atoms with Crippen molar-refractivity contribution in [2.24, 2.45) is 0 Å². The van der Waals surface area contributed by atoms with Crippen LogP contribution in [0, 0.1) is 0 Å². The first-order chi connectivity index (χ1) is 9.63. The van der Waals surface area contributed by atoms with Crippen molar-refractivity contribution < 1.29 is 4.79 Å². The topological polar surface area (TPSA) is 17.1 Å². The summed E-state index contributed by atoms with van der Waals surface area (Å²) in [6.45, 7) is 0. The molecular formula is C17H12Cl2O. The first-order valence-electron chi connectivity index (χ1n) is 6.05. The number of rotatable bonds is 4. The summed E-state index contributed by atoms with van der Waals surface area (Å²) in [6, 6.07) is 14.6. The minimum atomic E-state index is -0.0742. The van der Waals surface area contributed by atoms with Crippen LogP contribution in [0.1, 0.15) is 11.1 Å². The smallest absolute Gasteiger partial charge is 0.178 e. The van der Waals surface area contributed by atoms with Crippen LogP contribution in [-0.4, -0.2) is 5.78 Å². The molecule has 100 valence electrons. The third-order valence-electron chi connectivity index (χ3n) is 2.62. The Bertz CT molecular complexity index is 580. The van der Waals surface area contributed by atoms with Gasteiger partial charge in [-0.3, -0.25) is 4.79 Å². The van der Waals surface area contributed by atoms with Gasteiger partial charge in [0.2, 0.25) is 0 Å². The third-order valence-corrected chi connectivity index (χ3v) is 3.12. The van der Waals surface area contributed by atoms with Gasteiger partial charge in [0, 0.05) is 10.0 Å². The second-order valence-electron chi connectivity index (χ2n) is 4.17. The maximum atomic E-state index is 11.7. The minimum Gasteiger partial charge on any atom is -0.290 e. The van der Waals surface area contributed by atoms with Gasteiger partial charge in [-0.05, 0) is 47.5 Å². The molecule has 0 radical (unpaired) electrons. The van der Waals surface area contributed by atoms with Crippen molar-refractivity contribution in [2.75, 3.05) is 0 Å². The van der Waals surface area contributed by atoms with Crippen molar-refractivity contribution in [3.63, 3.8) is 0 Å². The molecule has 0 aliphatic heterocycles. The lowest BCUT2D eigenvalue weighted by molar-refractivity contribution is -0.110. The van der Waals surface area contributed by atoms with Crippen LogP contribution in [0.2, 0.25) is 10.0 Å². The first-order valence-corrected chi connectivity index (χ1v) is 6.80. The SMILES string of the molecule is O=C(C=Cc1ccc(Cl)cc1)/C=C/c1ccc(Cl)cc1. The molecule has 0 spiro atoms. The fourth-order valence-corrected chi connectivity index (χ4v) is 1.81. The Morgan fingerprint density at radius 2 is 1.05 bits per heavy atom. The average molecular weight is 303 g/mol. The van der Waals surface area contributed by atoms with Crippen LogP contribution in [0.3, 0.4) is 0 Å². The van der Waals surface area contributed by atoms with Crippen molar-refractivity contribution in [3.8, 4) is 0 Å². The highest BCUT2D eigenvalue weighted by atomic mass is 35.5. The maximum absolute atomic E-state index is 11.7. The highest BCUT2D eigenvalue weighted by Gasteiger charge is 1.92. The van der Waals surface area contributed by atoms with Crippen LogP contribution in [0.25, 0.3) is 12.2 Å². The molecule has 0 N–H and O–H groups in total. The van der Waals surface area contributed by atoms with E-state index >= 15 is 0 Å². The van der Waals surface area contributed by atoms with Gasteiger partial charge in [-0.2, -0.15) is 0 Å². The molecule has 2 aromatic rings. The zero-order valence-electron chi connectivity index (χ0n) is 10.6. The Hall–Kier alpha value is -1.83. The third kappa shape index (κ3) is 4.69. The van der Waals surface area contributed by atoms with E-state index in [2.05, 4.69) is 0 Å². The molecule has 0 aliphatic carbocycles. The normalized spacial score (nSPS) is 11.3. The van der Waals surface area contributed by atoms with E-state index in [0.29, 0.717) is 10.0 Å². The van der Waals surface area contributed by atoms with Crippen LogP contribution in [0.4, 0.5) is 0 Å². The number of benzene rings is 2. The molecule has 20 heavy (non-hydrogen) atoms. The summed E-state index contributed by atoms with van der Waals surface area (Å²) in [5, 5.41) is 1.35. The van der Waals surface area contributed by atoms with Crippen LogP contribution in [-0.2, 0) is 4.79 Å². The van der Waals surface area contributed by atoms with Crippen LogP contribution < -0.4 is 0 Å². The van der Waals surface area contributed by atoms with Crippen molar-refractivity contribution in [3.05, 3.63) is 81.9 Å². The summed E-state index contributed by atoms with van der Waals surface area (Å²) >= 11 is 11.6. The van der Waals surface area contributed by atoms with Gasteiger partial charge in [0.25, 0.3) is 0 Å². The average Bonchev–Trinajstić information content (AvgIpc) is 2.46. The predicted octanol–water partition coefficient (Wildman–Crippen LogP) is 5.29. The van der Waals surface area contributed by atoms with Crippen LogP contribution >= 0.6 is 23.2 Å². The monoisotopic (exact) mass is 302 g/mol. The van der Waals surface area contributed by atoms with E-state index in [1.807, 2.05) is 24.3 Å². The van der Waals surface area contributed by atoms with Gasteiger partial charge < -0.3 is 0 Å². The fourth-order valence-electron chi connectivity index (χ4n) is 1.56. The van der Waals surface area contributed by atoms with Gasteiger partial charge in [-0.15, -0.1) is 0 Å². The molecular weight excluding hydrogens is 291 g/mol. The van der Waals surface area contributed by atoms with Crippen molar-refractivity contribution in [2.45, 2.75) is 0 Å². The molecule has 0 aliphatic rings. The largest absolute Gasteiger partial charge is 0.290 e. The molecule has 0 bridgehead atoms. The van der Waals surface area contributed by atoms with Crippen molar-refractivity contribution >= 4 is 41.1 Å². The Morgan fingerprint density at radius 3 is 1.40 bits per heavy atom. The van der Waals surface area contributed by atoms with Gasteiger partial charge in [-0.1, -0.05) is 59.6 Å². The number of ketones is 1. The summed E-state index contributed by atoms with van der Waals surface area (Å²) in [5.41, 5.74) is 1.87. The molecule has 0 saturated heterocycles. The van der Waals surface area contributed by atoms with Crippen LogP contribution in [0.15, 0.2) is 60.7 Å². The molecule has 2 rings (SSSR count). The quantitative estimate of drug-likeness (QED) is 0.701. The van der Waals surface area contributed by atoms with Gasteiger partial charge in [-0.25, -0.2) is 0 Å². The second-order valence-corrected chi connectivity index (χ2v) is 5.05. The Balaban J connectivity index is 1.98. The number of halogens is 2. The Labute approximate surface area is 128 Å². The molecule has 0 unspecified atom stereocenters. The lowest BCUT2D eigenvalue weighted by atomic mass is 10.1. The summed E-state index contributed by atoms with van der Waals surface area (Å²) in [5.74, 6) is -0.0742. The molecule has 1 nitrogen and oxygen atoms in total. The number of carbonyl (C=O) groups is 1. The molecule has 0 heterocycles. The maximum Gasteiger partial charge on any atom is 0.178 e. The molecule has 0 fully saturated rings. The lowest BCUT2D eigenvalue weighted by Crippen LogP contribution is -1.84. The summed E-state index contributed by atoms with van der Waals surface area (Å²) in [4.78, 5) is 11.7. The molecule has 0 atom stereocenters. The molecule has 3 heteroatoms. The van der Waals surface area contributed by atoms with Crippen molar-refractivity contribution in [1.82, 2.24) is 0 Å². The zero-order chi connectivity index (χ0) is 14.4. The summed E-state index contributed by atoms with van der Waals surface area (Å²) in [7, 11) is 0. The molecule has 0 saturated carbocycles. The van der Waals surface area contributed by atoms with E-state index in [1.54, 1.807) is 36.4 Å². The van der Waals surface area contributed by atoms with Gasteiger partial charge in [0.1, 0.15) is 0 Å². The molecule has 2 aromatic carbocycles. The van der Waals surface area contributed by atoms with E-state index in [4.69, 9.17) is 23.2 Å². The second kappa shape index (κ2) is 7.09.